The number of carbonyl (C=O) groups is 1. The van der Waals surface area contributed by atoms with Gasteiger partial charge in [-0.05, 0) is 67.6 Å². The molecule has 2 rings (SSSR count). The normalized spacial score (nSPS) is 14.2. The van der Waals surface area contributed by atoms with Crippen LogP contribution in [0.25, 0.3) is 0 Å². The number of aryl methyl sites for hydroxylation is 2. The standard InChI is InChI=1S/C13H17BrN2O2/c1-13(2,3)18-12(17)16-10-7-8-5-4-6-9(8)15-11(10)14/h7H,4-6H2,1-3H3,(H,16,17). The maximum absolute atomic E-state index is 11.7. The van der Waals surface area contributed by atoms with E-state index in [1.165, 1.54) is 5.56 Å². The summed E-state index contributed by atoms with van der Waals surface area (Å²) in [6.45, 7) is 5.51. The number of pyridine rings is 1. The van der Waals surface area contributed by atoms with Crippen LogP contribution in [0.1, 0.15) is 38.4 Å². The van der Waals surface area contributed by atoms with Gasteiger partial charge < -0.3 is 4.74 Å². The molecule has 0 aliphatic heterocycles. The van der Waals surface area contributed by atoms with Gasteiger partial charge in [-0.25, -0.2) is 9.78 Å². The van der Waals surface area contributed by atoms with Crippen LogP contribution in [-0.4, -0.2) is 16.7 Å². The summed E-state index contributed by atoms with van der Waals surface area (Å²) in [5.74, 6) is 0. The Labute approximate surface area is 115 Å². The van der Waals surface area contributed by atoms with Gasteiger partial charge in [-0.15, -0.1) is 0 Å². The fourth-order valence-electron chi connectivity index (χ4n) is 1.95. The van der Waals surface area contributed by atoms with Crippen molar-refractivity contribution in [1.29, 1.82) is 0 Å². The molecule has 0 atom stereocenters. The molecule has 1 N–H and O–H groups in total. The molecular formula is C13H17BrN2O2. The van der Waals surface area contributed by atoms with E-state index in [0.717, 1.165) is 25.0 Å². The van der Waals surface area contributed by atoms with Gasteiger partial charge in [0.15, 0.2) is 0 Å². The average Bonchev–Trinajstić information content (AvgIpc) is 2.62. The lowest BCUT2D eigenvalue weighted by atomic mass is 10.2. The van der Waals surface area contributed by atoms with E-state index in [1.54, 1.807) is 0 Å². The summed E-state index contributed by atoms with van der Waals surface area (Å²) in [5, 5.41) is 2.73. The van der Waals surface area contributed by atoms with E-state index in [9.17, 15) is 4.79 Å². The van der Waals surface area contributed by atoms with Gasteiger partial charge >= 0.3 is 6.09 Å². The van der Waals surface area contributed by atoms with E-state index in [4.69, 9.17) is 4.74 Å². The first-order chi connectivity index (χ1) is 8.35. The number of nitrogens with zero attached hydrogens (tertiary/aromatic N) is 1. The third kappa shape index (κ3) is 3.22. The van der Waals surface area contributed by atoms with Gasteiger partial charge in [0.25, 0.3) is 0 Å². The summed E-state index contributed by atoms with van der Waals surface area (Å²) < 4.78 is 5.88. The van der Waals surface area contributed by atoms with E-state index < -0.39 is 11.7 Å². The van der Waals surface area contributed by atoms with Crippen LogP contribution in [0, 0.1) is 0 Å². The first-order valence-electron chi connectivity index (χ1n) is 6.03. The molecule has 1 heterocycles. The zero-order chi connectivity index (χ0) is 13.3. The molecule has 1 aromatic heterocycles. The molecule has 4 nitrogen and oxygen atoms in total. The summed E-state index contributed by atoms with van der Waals surface area (Å²) in [6, 6.07) is 1.98. The van der Waals surface area contributed by atoms with E-state index in [-0.39, 0.29) is 0 Å². The lowest BCUT2D eigenvalue weighted by Gasteiger charge is -2.20. The van der Waals surface area contributed by atoms with E-state index in [2.05, 4.69) is 26.2 Å². The molecule has 1 aromatic rings. The SMILES string of the molecule is CC(C)(C)OC(=O)Nc1cc2c(nc1Br)CCC2. The van der Waals surface area contributed by atoms with Crippen molar-refractivity contribution in [3.8, 4) is 0 Å². The minimum atomic E-state index is -0.499. The molecule has 1 aliphatic rings. The largest absolute Gasteiger partial charge is 0.444 e. The van der Waals surface area contributed by atoms with Gasteiger partial charge in [-0.1, -0.05) is 0 Å². The third-order valence-corrected chi connectivity index (χ3v) is 3.24. The predicted molar refractivity (Wildman–Crippen MR) is 73.8 cm³/mol. The lowest BCUT2D eigenvalue weighted by molar-refractivity contribution is 0.0636. The molecule has 0 unspecified atom stereocenters. The molecule has 1 amide bonds. The molecular weight excluding hydrogens is 296 g/mol. The van der Waals surface area contributed by atoms with Gasteiger partial charge in [0.05, 0.1) is 5.69 Å². The fraction of sp³-hybridized carbons (Fsp3) is 0.538. The second-order valence-electron chi connectivity index (χ2n) is 5.41. The lowest BCUT2D eigenvalue weighted by Crippen LogP contribution is -2.27. The van der Waals surface area contributed by atoms with Crippen molar-refractivity contribution in [2.24, 2.45) is 0 Å². The van der Waals surface area contributed by atoms with Crippen LogP contribution in [0.4, 0.5) is 10.5 Å². The van der Waals surface area contributed by atoms with E-state index >= 15 is 0 Å². The number of aromatic nitrogens is 1. The van der Waals surface area contributed by atoms with E-state index in [0.29, 0.717) is 10.3 Å². The molecule has 0 spiro atoms. The van der Waals surface area contributed by atoms with Crippen molar-refractivity contribution in [2.45, 2.75) is 45.6 Å². The van der Waals surface area contributed by atoms with Crippen LogP contribution in [0.3, 0.4) is 0 Å². The fourth-order valence-corrected chi connectivity index (χ4v) is 2.38. The van der Waals surface area contributed by atoms with Crippen molar-refractivity contribution in [2.75, 3.05) is 5.32 Å². The highest BCUT2D eigenvalue weighted by Gasteiger charge is 2.19. The van der Waals surface area contributed by atoms with Crippen molar-refractivity contribution in [3.63, 3.8) is 0 Å². The molecule has 0 fully saturated rings. The first kappa shape index (κ1) is 13.3. The molecule has 98 valence electrons. The second-order valence-corrected chi connectivity index (χ2v) is 6.16. The topological polar surface area (TPSA) is 51.2 Å². The monoisotopic (exact) mass is 312 g/mol. The molecule has 0 aromatic carbocycles. The number of amides is 1. The van der Waals surface area contributed by atoms with Crippen LogP contribution < -0.4 is 5.32 Å². The smallest absolute Gasteiger partial charge is 0.412 e. The quantitative estimate of drug-likeness (QED) is 0.805. The zero-order valence-electron chi connectivity index (χ0n) is 10.8. The maximum Gasteiger partial charge on any atom is 0.412 e. The van der Waals surface area contributed by atoms with Crippen molar-refractivity contribution < 1.29 is 9.53 Å². The summed E-state index contributed by atoms with van der Waals surface area (Å²) in [6.07, 6.45) is 2.71. The second kappa shape index (κ2) is 4.88. The predicted octanol–water partition coefficient (Wildman–Crippen LogP) is 3.68. The van der Waals surface area contributed by atoms with Gasteiger partial charge in [0.2, 0.25) is 0 Å². The van der Waals surface area contributed by atoms with Crippen LogP contribution in [0.5, 0.6) is 0 Å². The molecule has 1 aliphatic carbocycles. The maximum atomic E-state index is 11.7. The summed E-state index contributed by atoms with van der Waals surface area (Å²) >= 11 is 3.38. The van der Waals surface area contributed by atoms with Gasteiger partial charge in [-0.2, -0.15) is 0 Å². The Morgan fingerprint density at radius 1 is 1.44 bits per heavy atom. The Hall–Kier alpha value is -1.10. The molecule has 5 heteroatoms. The van der Waals surface area contributed by atoms with Crippen molar-refractivity contribution in [3.05, 3.63) is 21.9 Å². The van der Waals surface area contributed by atoms with Crippen molar-refractivity contribution in [1.82, 2.24) is 4.98 Å². The number of ether oxygens (including phenoxy) is 1. The Morgan fingerprint density at radius 3 is 2.83 bits per heavy atom. The Bertz CT molecular complexity index is 481. The molecule has 0 bridgehead atoms. The molecule has 0 saturated heterocycles. The van der Waals surface area contributed by atoms with Crippen LogP contribution in [0.2, 0.25) is 0 Å². The Morgan fingerprint density at radius 2 is 2.17 bits per heavy atom. The summed E-state index contributed by atoms with van der Waals surface area (Å²) in [7, 11) is 0. The third-order valence-electron chi connectivity index (χ3n) is 2.64. The van der Waals surface area contributed by atoms with Gasteiger partial charge in [0.1, 0.15) is 10.2 Å². The van der Waals surface area contributed by atoms with Crippen molar-refractivity contribution >= 4 is 27.7 Å². The molecule has 18 heavy (non-hydrogen) atoms. The minimum absolute atomic E-state index is 0.456. The average molecular weight is 313 g/mol. The number of fused-ring (bicyclic) bond motifs is 1. The number of halogens is 1. The summed E-state index contributed by atoms with van der Waals surface area (Å²) in [4.78, 5) is 16.1. The zero-order valence-corrected chi connectivity index (χ0v) is 12.4. The van der Waals surface area contributed by atoms with Gasteiger partial charge in [0, 0.05) is 5.69 Å². The first-order valence-corrected chi connectivity index (χ1v) is 6.83. The molecule has 0 radical (unpaired) electrons. The minimum Gasteiger partial charge on any atom is -0.444 e. The summed E-state index contributed by atoms with van der Waals surface area (Å²) in [5.41, 5.74) is 2.51. The number of rotatable bonds is 1. The van der Waals surface area contributed by atoms with Crippen LogP contribution in [0.15, 0.2) is 10.7 Å². The molecule has 0 saturated carbocycles. The number of anilines is 1. The Balaban J connectivity index is 2.12. The van der Waals surface area contributed by atoms with Gasteiger partial charge in [-0.3, -0.25) is 5.32 Å². The number of nitrogens with one attached hydrogen (secondary N) is 1. The Kier molecular flexibility index (Phi) is 3.61. The number of hydrogen-bond acceptors (Lipinski definition) is 3. The highest BCUT2D eigenvalue weighted by atomic mass is 79.9. The van der Waals surface area contributed by atoms with Crippen LogP contribution >= 0.6 is 15.9 Å². The van der Waals surface area contributed by atoms with Crippen LogP contribution in [-0.2, 0) is 17.6 Å². The highest BCUT2D eigenvalue weighted by molar-refractivity contribution is 9.10. The highest BCUT2D eigenvalue weighted by Crippen LogP contribution is 2.29. The van der Waals surface area contributed by atoms with E-state index in [1.807, 2.05) is 26.8 Å². The number of carbonyl (C=O) groups excluding carboxylic acids is 1. The number of hydrogen-bond donors (Lipinski definition) is 1.